The number of benzene rings is 5. The summed E-state index contributed by atoms with van der Waals surface area (Å²) in [6.07, 6.45) is 5.36. The molecule has 5 aromatic carbocycles. The Morgan fingerprint density at radius 2 is 1.58 bits per heavy atom. The van der Waals surface area contributed by atoms with Gasteiger partial charge in [0.05, 0.1) is 11.4 Å². The number of allylic oxidation sites excluding steroid dienone is 1. The van der Waals surface area contributed by atoms with Crippen LogP contribution in [0.5, 0.6) is 11.5 Å². The maximum Gasteiger partial charge on any atom is 0.155 e. The lowest BCUT2D eigenvalue weighted by molar-refractivity contribution is 0.473. The van der Waals surface area contributed by atoms with Gasteiger partial charge in [-0.25, -0.2) is 0 Å². The van der Waals surface area contributed by atoms with Crippen molar-refractivity contribution < 1.29 is 4.74 Å². The maximum absolute atomic E-state index is 6.66. The zero-order valence-electron chi connectivity index (χ0n) is 20.4. The van der Waals surface area contributed by atoms with Crippen LogP contribution in [0, 0.1) is 0 Å². The molecular weight excluding hydrogens is 438 g/mol. The summed E-state index contributed by atoms with van der Waals surface area (Å²) in [4.78, 5) is 2.40. The topological polar surface area (TPSA) is 12.5 Å². The first-order chi connectivity index (χ1) is 17.6. The Morgan fingerprint density at radius 1 is 0.750 bits per heavy atom. The molecule has 2 nitrogen and oxygen atoms in total. The average Bonchev–Trinajstić information content (AvgIpc) is 3.14. The van der Waals surface area contributed by atoms with E-state index in [0.29, 0.717) is 0 Å². The Balaban J connectivity index is 1.40. The Kier molecular flexibility index (Phi) is 3.82. The summed E-state index contributed by atoms with van der Waals surface area (Å²) in [5, 5.41) is 2.57. The van der Waals surface area contributed by atoms with Crippen LogP contribution in [0.4, 0.5) is 17.1 Å². The standard InChI is InChI=1S/C34H25NO/c1-34(2)27-14-4-3-12-24(27)25-18-17-23(20-28(25)34)35-29-15-5-6-16-31(29)36-33-26-13-8-10-21-9-7-11-22(32(21)26)19-30(33)35/h3-12,14-20H,13H2,1-2H3. The second-order valence-corrected chi connectivity index (χ2v) is 10.6. The van der Waals surface area contributed by atoms with E-state index in [4.69, 9.17) is 4.74 Å². The number of anilines is 3. The van der Waals surface area contributed by atoms with E-state index in [-0.39, 0.29) is 5.41 Å². The summed E-state index contributed by atoms with van der Waals surface area (Å²) < 4.78 is 6.66. The molecule has 5 aromatic rings. The summed E-state index contributed by atoms with van der Waals surface area (Å²) in [5.41, 5.74) is 11.3. The number of para-hydroxylation sites is 2. The number of hydrogen-bond acceptors (Lipinski definition) is 2. The lowest BCUT2D eigenvalue weighted by Gasteiger charge is -2.35. The van der Waals surface area contributed by atoms with Crippen molar-refractivity contribution in [2.45, 2.75) is 25.7 Å². The third-order valence-electron chi connectivity index (χ3n) is 8.23. The van der Waals surface area contributed by atoms with E-state index in [0.717, 1.165) is 29.3 Å². The predicted octanol–water partition coefficient (Wildman–Crippen LogP) is 9.29. The smallest absolute Gasteiger partial charge is 0.155 e. The quantitative estimate of drug-likeness (QED) is 0.241. The molecule has 0 saturated carbocycles. The second kappa shape index (κ2) is 6.89. The molecule has 2 aliphatic carbocycles. The van der Waals surface area contributed by atoms with Gasteiger partial charge in [0, 0.05) is 16.7 Å². The fourth-order valence-electron chi connectivity index (χ4n) is 6.53. The van der Waals surface area contributed by atoms with E-state index >= 15 is 0 Å². The van der Waals surface area contributed by atoms with Crippen LogP contribution in [0.3, 0.4) is 0 Å². The van der Waals surface area contributed by atoms with Crippen LogP contribution in [-0.2, 0) is 11.8 Å². The lowest BCUT2D eigenvalue weighted by Crippen LogP contribution is -2.19. The van der Waals surface area contributed by atoms with Crippen LogP contribution in [0.25, 0.3) is 28.0 Å². The fraction of sp³-hybridized carbons (Fsp3) is 0.118. The van der Waals surface area contributed by atoms with Crippen molar-refractivity contribution in [1.29, 1.82) is 0 Å². The number of rotatable bonds is 1. The van der Waals surface area contributed by atoms with Gasteiger partial charge >= 0.3 is 0 Å². The molecular formula is C34H25NO. The van der Waals surface area contributed by atoms with Gasteiger partial charge in [-0.05, 0) is 75.3 Å². The van der Waals surface area contributed by atoms with E-state index in [9.17, 15) is 0 Å². The third-order valence-corrected chi connectivity index (χ3v) is 8.23. The fourth-order valence-corrected chi connectivity index (χ4v) is 6.53. The van der Waals surface area contributed by atoms with Gasteiger partial charge in [-0.3, -0.25) is 0 Å². The van der Waals surface area contributed by atoms with Crippen LogP contribution in [0.2, 0.25) is 0 Å². The van der Waals surface area contributed by atoms with Crippen molar-refractivity contribution in [2.75, 3.05) is 4.90 Å². The van der Waals surface area contributed by atoms with Gasteiger partial charge in [-0.2, -0.15) is 0 Å². The zero-order chi connectivity index (χ0) is 24.0. The van der Waals surface area contributed by atoms with Gasteiger partial charge in [0.25, 0.3) is 0 Å². The highest BCUT2D eigenvalue weighted by Crippen LogP contribution is 2.56. The minimum Gasteiger partial charge on any atom is -0.453 e. The van der Waals surface area contributed by atoms with Gasteiger partial charge in [0.2, 0.25) is 0 Å². The molecule has 2 heteroatoms. The van der Waals surface area contributed by atoms with Gasteiger partial charge in [-0.15, -0.1) is 0 Å². The van der Waals surface area contributed by atoms with Crippen molar-refractivity contribution in [2.24, 2.45) is 0 Å². The minimum absolute atomic E-state index is 0.0500. The van der Waals surface area contributed by atoms with Crippen molar-refractivity contribution in [3.05, 3.63) is 119 Å². The monoisotopic (exact) mass is 463 g/mol. The SMILES string of the molecule is CC1(C)c2ccccc2-c2ccc(N3c4ccccc4Oc4c3cc3cccc5c3c4CC=C5)cc21. The maximum atomic E-state index is 6.66. The molecule has 0 amide bonds. The van der Waals surface area contributed by atoms with Crippen LogP contribution >= 0.6 is 0 Å². The molecule has 0 unspecified atom stereocenters. The number of ether oxygens (including phenoxy) is 1. The molecule has 0 saturated heterocycles. The molecule has 0 atom stereocenters. The van der Waals surface area contributed by atoms with E-state index in [2.05, 4.69) is 122 Å². The Morgan fingerprint density at radius 3 is 2.53 bits per heavy atom. The molecule has 36 heavy (non-hydrogen) atoms. The van der Waals surface area contributed by atoms with Gasteiger partial charge < -0.3 is 9.64 Å². The summed E-state index contributed by atoms with van der Waals surface area (Å²) >= 11 is 0. The van der Waals surface area contributed by atoms with E-state index in [1.165, 1.54) is 49.8 Å². The Labute approximate surface area is 211 Å². The average molecular weight is 464 g/mol. The van der Waals surface area contributed by atoms with Crippen molar-refractivity contribution in [3.63, 3.8) is 0 Å². The first-order valence-electron chi connectivity index (χ1n) is 12.7. The first kappa shape index (κ1) is 19.9. The third kappa shape index (κ3) is 2.51. The predicted molar refractivity (Wildman–Crippen MR) is 149 cm³/mol. The summed E-state index contributed by atoms with van der Waals surface area (Å²) in [7, 11) is 0. The highest BCUT2D eigenvalue weighted by molar-refractivity contribution is 6.03. The van der Waals surface area contributed by atoms with Gasteiger partial charge in [0.1, 0.15) is 0 Å². The summed E-state index contributed by atoms with van der Waals surface area (Å²) in [6.45, 7) is 4.68. The highest BCUT2D eigenvalue weighted by Gasteiger charge is 2.37. The molecule has 0 spiro atoms. The van der Waals surface area contributed by atoms with Crippen LogP contribution in [0.1, 0.15) is 36.1 Å². The summed E-state index contributed by atoms with van der Waals surface area (Å²) in [5.74, 6) is 1.87. The van der Waals surface area contributed by atoms with Crippen LogP contribution < -0.4 is 9.64 Å². The van der Waals surface area contributed by atoms with Crippen LogP contribution in [-0.4, -0.2) is 0 Å². The van der Waals surface area contributed by atoms with E-state index in [1.54, 1.807) is 0 Å². The van der Waals surface area contributed by atoms with Gasteiger partial charge in [-0.1, -0.05) is 86.7 Å². The number of nitrogens with zero attached hydrogens (tertiary/aromatic N) is 1. The molecule has 1 aliphatic heterocycles. The largest absolute Gasteiger partial charge is 0.453 e. The van der Waals surface area contributed by atoms with E-state index in [1.807, 2.05) is 0 Å². The first-order valence-corrected chi connectivity index (χ1v) is 12.7. The van der Waals surface area contributed by atoms with Crippen LogP contribution in [0.15, 0.2) is 97.1 Å². The molecule has 0 aromatic heterocycles. The van der Waals surface area contributed by atoms with Crippen molar-refractivity contribution in [1.82, 2.24) is 0 Å². The molecule has 8 rings (SSSR count). The molecule has 0 bridgehead atoms. The molecule has 172 valence electrons. The molecule has 1 heterocycles. The lowest BCUT2D eigenvalue weighted by atomic mass is 9.82. The molecule has 3 aliphatic rings. The summed E-state index contributed by atoms with van der Waals surface area (Å²) in [6, 6.07) is 33.1. The Bertz CT molecular complexity index is 1770. The second-order valence-electron chi connectivity index (χ2n) is 10.6. The molecule has 0 radical (unpaired) electrons. The van der Waals surface area contributed by atoms with E-state index < -0.39 is 0 Å². The highest BCUT2D eigenvalue weighted by atomic mass is 16.5. The normalized spacial score (nSPS) is 15.7. The molecule has 0 N–H and O–H groups in total. The minimum atomic E-state index is -0.0500. The number of fused-ring (bicyclic) bond motifs is 6. The Hall–Kier alpha value is -4.30. The van der Waals surface area contributed by atoms with Gasteiger partial charge in [0.15, 0.2) is 11.5 Å². The zero-order valence-corrected chi connectivity index (χ0v) is 20.4. The number of hydrogen-bond donors (Lipinski definition) is 0. The van der Waals surface area contributed by atoms with Crippen molar-refractivity contribution in [3.8, 4) is 22.6 Å². The van der Waals surface area contributed by atoms with Crippen molar-refractivity contribution >= 4 is 33.9 Å². The molecule has 0 fully saturated rings.